The number of anilines is 1. The largest absolute Gasteiger partial charge is 0.391 e. The second-order valence-electron chi connectivity index (χ2n) is 6.34. The van der Waals surface area contributed by atoms with Gasteiger partial charge in [-0.2, -0.15) is 0 Å². The maximum atomic E-state index is 9.14. The summed E-state index contributed by atoms with van der Waals surface area (Å²) in [7, 11) is 0. The summed E-state index contributed by atoms with van der Waals surface area (Å²) in [5.74, 6) is 1.71. The maximum absolute atomic E-state index is 9.14. The van der Waals surface area contributed by atoms with Gasteiger partial charge in [-0.15, -0.1) is 0 Å². The molecule has 1 fully saturated rings. The number of quaternary nitrogens is 1. The average molecular weight is 336 g/mol. The number of aliphatic hydroxyl groups excluding tert-OH is 1. The Hall–Kier alpha value is -2.57. The number of aromatic nitrogens is 3. The molecule has 2 aromatic heterocycles. The summed E-state index contributed by atoms with van der Waals surface area (Å²) in [4.78, 5) is 17.6. The van der Waals surface area contributed by atoms with Gasteiger partial charge in [0.2, 0.25) is 0 Å². The average Bonchev–Trinajstić information content (AvgIpc) is 2.69. The highest BCUT2D eigenvalue weighted by Crippen LogP contribution is 2.27. The van der Waals surface area contributed by atoms with Gasteiger partial charge in [0.05, 0.1) is 38.3 Å². The standard InChI is InChI=1S/C19H21N5O/c25-13-12-23-8-10-24(11-9-23)19-16-5-1-2-6-17(16)21-18(22-19)15-4-3-7-20-14-15/h1-7,14,25H,8-13H2/p+1. The summed E-state index contributed by atoms with van der Waals surface area (Å²) in [5.41, 5.74) is 1.88. The van der Waals surface area contributed by atoms with Crippen molar-refractivity contribution < 1.29 is 10.0 Å². The maximum Gasteiger partial charge on any atom is 0.163 e. The molecule has 0 aliphatic carbocycles. The molecule has 0 saturated carbocycles. The molecule has 1 aliphatic rings. The molecule has 6 nitrogen and oxygen atoms in total. The van der Waals surface area contributed by atoms with E-state index in [1.165, 1.54) is 4.90 Å². The molecule has 3 heterocycles. The molecule has 2 N–H and O–H groups in total. The number of hydrogen-bond donors (Lipinski definition) is 2. The Labute approximate surface area is 146 Å². The first-order valence-electron chi connectivity index (χ1n) is 8.72. The molecule has 0 atom stereocenters. The third-order valence-electron chi connectivity index (χ3n) is 4.74. The van der Waals surface area contributed by atoms with Crippen LogP contribution in [0, 0.1) is 0 Å². The Kier molecular flexibility index (Phi) is 4.54. The van der Waals surface area contributed by atoms with Crippen molar-refractivity contribution in [1.82, 2.24) is 15.0 Å². The summed E-state index contributed by atoms with van der Waals surface area (Å²) >= 11 is 0. The number of para-hydroxylation sites is 1. The number of piperazine rings is 1. The lowest BCUT2D eigenvalue weighted by Crippen LogP contribution is -3.15. The SMILES string of the molecule is OCC[NH+]1CCN(c2nc(-c3cccnc3)nc3ccccc23)CC1. The van der Waals surface area contributed by atoms with Gasteiger partial charge in [0.15, 0.2) is 5.82 Å². The molecular formula is C19H22N5O+. The first kappa shape index (κ1) is 15.9. The third-order valence-corrected chi connectivity index (χ3v) is 4.74. The van der Waals surface area contributed by atoms with E-state index in [1.54, 1.807) is 12.4 Å². The molecule has 0 amide bonds. The van der Waals surface area contributed by atoms with Crippen LogP contribution in [0.3, 0.4) is 0 Å². The lowest BCUT2D eigenvalue weighted by Gasteiger charge is -2.33. The quantitative estimate of drug-likeness (QED) is 0.721. The monoisotopic (exact) mass is 336 g/mol. The Balaban J connectivity index is 1.72. The number of nitrogens with one attached hydrogen (secondary N) is 1. The summed E-state index contributed by atoms with van der Waals surface area (Å²) in [6, 6.07) is 12.1. The van der Waals surface area contributed by atoms with E-state index in [4.69, 9.17) is 15.1 Å². The van der Waals surface area contributed by atoms with Gasteiger partial charge in [-0.1, -0.05) is 12.1 Å². The van der Waals surface area contributed by atoms with E-state index in [-0.39, 0.29) is 6.61 Å². The van der Waals surface area contributed by atoms with Crippen LogP contribution in [0.5, 0.6) is 0 Å². The van der Waals surface area contributed by atoms with E-state index in [2.05, 4.69) is 16.0 Å². The van der Waals surface area contributed by atoms with Gasteiger partial charge >= 0.3 is 0 Å². The first-order chi connectivity index (χ1) is 12.3. The summed E-state index contributed by atoms with van der Waals surface area (Å²) < 4.78 is 0. The van der Waals surface area contributed by atoms with Crippen molar-refractivity contribution in [2.45, 2.75) is 0 Å². The van der Waals surface area contributed by atoms with E-state index in [9.17, 15) is 0 Å². The van der Waals surface area contributed by atoms with Gasteiger partial charge in [-0.05, 0) is 24.3 Å². The van der Waals surface area contributed by atoms with Crippen LogP contribution in [0.25, 0.3) is 22.3 Å². The van der Waals surface area contributed by atoms with Gasteiger partial charge < -0.3 is 14.9 Å². The molecule has 0 spiro atoms. The van der Waals surface area contributed by atoms with Crippen molar-refractivity contribution in [2.75, 3.05) is 44.2 Å². The topological polar surface area (TPSA) is 66.6 Å². The minimum absolute atomic E-state index is 0.247. The normalized spacial score (nSPS) is 15.6. The molecule has 1 saturated heterocycles. The molecule has 25 heavy (non-hydrogen) atoms. The predicted molar refractivity (Wildman–Crippen MR) is 97.6 cm³/mol. The van der Waals surface area contributed by atoms with Gasteiger partial charge in [0, 0.05) is 23.3 Å². The van der Waals surface area contributed by atoms with Crippen LogP contribution >= 0.6 is 0 Å². The van der Waals surface area contributed by atoms with Crippen LogP contribution in [0.2, 0.25) is 0 Å². The minimum Gasteiger partial charge on any atom is -0.391 e. The fourth-order valence-electron chi connectivity index (χ4n) is 3.37. The van der Waals surface area contributed by atoms with Crippen molar-refractivity contribution in [2.24, 2.45) is 0 Å². The fraction of sp³-hybridized carbons (Fsp3) is 0.316. The molecule has 3 aromatic rings. The van der Waals surface area contributed by atoms with Crippen LogP contribution in [0.15, 0.2) is 48.8 Å². The lowest BCUT2D eigenvalue weighted by atomic mass is 10.2. The highest BCUT2D eigenvalue weighted by molar-refractivity contribution is 5.91. The van der Waals surface area contributed by atoms with E-state index in [0.29, 0.717) is 5.82 Å². The Bertz CT molecular complexity index is 847. The predicted octanol–water partition coefficient (Wildman–Crippen LogP) is 0.389. The molecule has 0 bridgehead atoms. The zero-order valence-corrected chi connectivity index (χ0v) is 14.1. The summed E-state index contributed by atoms with van der Waals surface area (Å²) in [5, 5.41) is 10.2. The lowest BCUT2D eigenvalue weighted by molar-refractivity contribution is -0.900. The van der Waals surface area contributed by atoms with Gasteiger partial charge in [0.25, 0.3) is 0 Å². The Morgan fingerprint density at radius 2 is 1.88 bits per heavy atom. The highest BCUT2D eigenvalue weighted by atomic mass is 16.3. The molecule has 1 aliphatic heterocycles. The Morgan fingerprint density at radius 3 is 2.64 bits per heavy atom. The van der Waals surface area contributed by atoms with E-state index >= 15 is 0 Å². The molecule has 4 rings (SSSR count). The van der Waals surface area contributed by atoms with Gasteiger partial charge in [-0.3, -0.25) is 4.98 Å². The molecule has 1 aromatic carbocycles. The Morgan fingerprint density at radius 1 is 1.04 bits per heavy atom. The second-order valence-corrected chi connectivity index (χ2v) is 6.34. The van der Waals surface area contributed by atoms with Crippen LogP contribution in [0.1, 0.15) is 0 Å². The second kappa shape index (κ2) is 7.13. The molecule has 128 valence electrons. The zero-order valence-electron chi connectivity index (χ0n) is 14.1. The highest BCUT2D eigenvalue weighted by Gasteiger charge is 2.23. The van der Waals surface area contributed by atoms with Crippen molar-refractivity contribution in [1.29, 1.82) is 0 Å². The van der Waals surface area contributed by atoms with Crippen molar-refractivity contribution in [3.05, 3.63) is 48.8 Å². The fourth-order valence-corrected chi connectivity index (χ4v) is 3.37. The van der Waals surface area contributed by atoms with Crippen LogP contribution in [-0.2, 0) is 0 Å². The molecule has 6 heteroatoms. The van der Waals surface area contributed by atoms with Gasteiger partial charge in [0.1, 0.15) is 12.4 Å². The minimum atomic E-state index is 0.247. The number of benzene rings is 1. The van der Waals surface area contributed by atoms with E-state index in [1.807, 2.05) is 30.3 Å². The number of pyridine rings is 1. The van der Waals surface area contributed by atoms with Crippen LogP contribution in [-0.4, -0.2) is 59.4 Å². The summed E-state index contributed by atoms with van der Waals surface area (Å²) in [6.45, 7) is 4.96. The smallest absolute Gasteiger partial charge is 0.163 e. The van der Waals surface area contributed by atoms with Crippen LogP contribution < -0.4 is 9.80 Å². The zero-order chi connectivity index (χ0) is 17.1. The van der Waals surface area contributed by atoms with Gasteiger partial charge in [-0.25, -0.2) is 9.97 Å². The summed E-state index contributed by atoms with van der Waals surface area (Å²) in [6.07, 6.45) is 3.56. The number of fused-ring (bicyclic) bond motifs is 1. The third kappa shape index (κ3) is 3.31. The molecule has 0 radical (unpaired) electrons. The molecular weight excluding hydrogens is 314 g/mol. The number of rotatable bonds is 4. The van der Waals surface area contributed by atoms with Crippen molar-refractivity contribution in [3.63, 3.8) is 0 Å². The van der Waals surface area contributed by atoms with E-state index in [0.717, 1.165) is 55.0 Å². The van der Waals surface area contributed by atoms with Crippen molar-refractivity contribution >= 4 is 16.7 Å². The van der Waals surface area contributed by atoms with E-state index < -0.39 is 0 Å². The van der Waals surface area contributed by atoms with Crippen molar-refractivity contribution in [3.8, 4) is 11.4 Å². The van der Waals surface area contributed by atoms with Crippen LogP contribution in [0.4, 0.5) is 5.82 Å². The number of hydrogen-bond acceptors (Lipinski definition) is 5. The number of aliphatic hydroxyl groups is 1. The number of nitrogens with zero attached hydrogens (tertiary/aromatic N) is 4. The first-order valence-corrected chi connectivity index (χ1v) is 8.72. The molecule has 0 unspecified atom stereocenters.